The topological polar surface area (TPSA) is 104 Å². The van der Waals surface area contributed by atoms with Crippen molar-refractivity contribution >= 4 is 27.1 Å². The van der Waals surface area contributed by atoms with Crippen molar-refractivity contribution in [3.05, 3.63) is 33.9 Å². The zero-order valence-corrected chi connectivity index (χ0v) is 16.3. The van der Waals surface area contributed by atoms with Gasteiger partial charge in [-0.15, -0.1) is 0 Å². The predicted molar refractivity (Wildman–Crippen MR) is 102 cm³/mol. The van der Waals surface area contributed by atoms with Crippen molar-refractivity contribution in [2.24, 2.45) is 0 Å². The van der Waals surface area contributed by atoms with Gasteiger partial charge >= 0.3 is 0 Å². The number of benzene rings is 1. The molecule has 1 atom stereocenters. The van der Waals surface area contributed by atoms with Crippen molar-refractivity contribution in [2.45, 2.75) is 12.5 Å². The first-order valence-electron chi connectivity index (χ1n) is 8.87. The average molecular weight is 396 g/mol. The van der Waals surface area contributed by atoms with Crippen LogP contribution in [-0.4, -0.2) is 86.9 Å². The quantitative estimate of drug-likeness (QED) is 0.542. The lowest BCUT2D eigenvalue weighted by atomic mass is 10.1. The summed E-state index contributed by atoms with van der Waals surface area (Å²) in [5.74, 6) is -0.390. The Hall–Kier alpha value is -2.20. The fourth-order valence-corrected chi connectivity index (χ4v) is 5.34. The van der Waals surface area contributed by atoms with E-state index in [-0.39, 0.29) is 28.8 Å². The number of anilines is 1. The van der Waals surface area contributed by atoms with Gasteiger partial charge < -0.3 is 14.7 Å². The number of amides is 1. The molecule has 1 aromatic carbocycles. The number of likely N-dealkylation sites (N-methyl/N-ethyl adjacent to an activating group) is 1. The van der Waals surface area contributed by atoms with Crippen molar-refractivity contribution in [1.82, 2.24) is 9.80 Å². The molecule has 0 aromatic heterocycles. The Balaban J connectivity index is 1.83. The second kappa shape index (κ2) is 7.43. The first-order chi connectivity index (χ1) is 12.7. The lowest BCUT2D eigenvalue weighted by Crippen LogP contribution is -2.44. The highest BCUT2D eigenvalue weighted by molar-refractivity contribution is 7.91. The summed E-state index contributed by atoms with van der Waals surface area (Å²) in [7, 11) is 0.440. The summed E-state index contributed by atoms with van der Waals surface area (Å²) >= 11 is 0. The SMILES string of the molecule is CN1CCN(c2ccc(C(=O)N(C)[C@@H]3CCS(=O)(=O)C3)cc2[N+](=O)[O-])CC1. The molecular weight excluding hydrogens is 372 g/mol. The lowest BCUT2D eigenvalue weighted by molar-refractivity contribution is -0.384. The van der Waals surface area contributed by atoms with Gasteiger partial charge in [0.05, 0.1) is 16.4 Å². The van der Waals surface area contributed by atoms with Gasteiger partial charge in [0.2, 0.25) is 0 Å². The van der Waals surface area contributed by atoms with Gasteiger partial charge in [-0.25, -0.2) is 8.42 Å². The molecule has 0 saturated carbocycles. The van der Waals surface area contributed by atoms with Crippen LogP contribution >= 0.6 is 0 Å². The maximum Gasteiger partial charge on any atom is 0.293 e. The molecule has 0 spiro atoms. The zero-order chi connectivity index (χ0) is 19.8. The molecule has 3 rings (SSSR count). The number of nitro groups is 1. The second-order valence-electron chi connectivity index (χ2n) is 7.22. The Bertz CT molecular complexity index is 849. The summed E-state index contributed by atoms with van der Waals surface area (Å²) in [6, 6.07) is 4.12. The van der Waals surface area contributed by atoms with E-state index in [0.29, 0.717) is 25.2 Å². The minimum atomic E-state index is -3.12. The van der Waals surface area contributed by atoms with Crippen LogP contribution in [-0.2, 0) is 9.84 Å². The van der Waals surface area contributed by atoms with Crippen molar-refractivity contribution in [2.75, 3.05) is 56.7 Å². The van der Waals surface area contributed by atoms with Crippen LogP contribution in [0.3, 0.4) is 0 Å². The van der Waals surface area contributed by atoms with Crippen LogP contribution < -0.4 is 4.90 Å². The van der Waals surface area contributed by atoms with Gasteiger partial charge in [0, 0.05) is 50.9 Å². The molecule has 2 heterocycles. The Morgan fingerprint density at radius 3 is 2.48 bits per heavy atom. The number of sulfone groups is 1. The summed E-state index contributed by atoms with van der Waals surface area (Å²) in [5.41, 5.74) is 0.611. The number of nitrogens with zero attached hydrogens (tertiary/aromatic N) is 4. The second-order valence-corrected chi connectivity index (χ2v) is 9.45. The van der Waals surface area contributed by atoms with E-state index in [9.17, 15) is 23.3 Å². The van der Waals surface area contributed by atoms with Crippen molar-refractivity contribution in [1.29, 1.82) is 0 Å². The van der Waals surface area contributed by atoms with Gasteiger partial charge in [-0.05, 0) is 25.6 Å². The molecule has 0 bridgehead atoms. The van der Waals surface area contributed by atoms with Crippen molar-refractivity contribution < 1.29 is 18.1 Å². The number of hydrogen-bond acceptors (Lipinski definition) is 7. The Morgan fingerprint density at radius 2 is 1.93 bits per heavy atom. The lowest BCUT2D eigenvalue weighted by Gasteiger charge is -2.33. The van der Waals surface area contributed by atoms with Crippen LogP contribution in [0.25, 0.3) is 0 Å². The standard InChI is InChI=1S/C17H24N4O5S/c1-18-6-8-20(9-7-18)15-4-3-13(11-16(15)21(23)24)17(22)19(2)14-5-10-27(25,26)12-14/h3-4,11,14H,5-10,12H2,1-2H3/t14-/m1/s1. The van der Waals surface area contributed by atoms with Gasteiger partial charge in [-0.1, -0.05) is 0 Å². The maximum atomic E-state index is 12.7. The van der Waals surface area contributed by atoms with Crippen LogP contribution in [0.1, 0.15) is 16.8 Å². The number of piperazine rings is 1. The largest absolute Gasteiger partial charge is 0.363 e. The summed E-state index contributed by atoms with van der Waals surface area (Å²) < 4.78 is 23.3. The van der Waals surface area contributed by atoms with Crippen LogP contribution in [0.2, 0.25) is 0 Å². The van der Waals surface area contributed by atoms with E-state index < -0.39 is 20.7 Å². The highest BCUT2D eigenvalue weighted by atomic mass is 32.2. The molecule has 148 valence electrons. The van der Waals surface area contributed by atoms with Gasteiger partial charge in [-0.3, -0.25) is 14.9 Å². The minimum Gasteiger partial charge on any atom is -0.363 e. The molecule has 27 heavy (non-hydrogen) atoms. The van der Waals surface area contributed by atoms with E-state index in [1.165, 1.54) is 11.0 Å². The molecular formula is C17H24N4O5S. The van der Waals surface area contributed by atoms with Crippen LogP contribution in [0.15, 0.2) is 18.2 Å². The van der Waals surface area contributed by atoms with Gasteiger partial charge in [-0.2, -0.15) is 0 Å². The molecule has 2 saturated heterocycles. The number of nitro benzene ring substituents is 1. The van der Waals surface area contributed by atoms with E-state index >= 15 is 0 Å². The molecule has 1 aromatic rings. The van der Waals surface area contributed by atoms with E-state index in [1.54, 1.807) is 19.2 Å². The van der Waals surface area contributed by atoms with E-state index in [0.717, 1.165) is 13.1 Å². The van der Waals surface area contributed by atoms with Crippen LogP contribution in [0, 0.1) is 10.1 Å². The Morgan fingerprint density at radius 1 is 1.26 bits per heavy atom. The third-order valence-corrected chi connectivity index (χ3v) is 7.09. The summed E-state index contributed by atoms with van der Waals surface area (Å²) in [4.78, 5) is 29.4. The van der Waals surface area contributed by atoms with E-state index in [4.69, 9.17) is 0 Å². The molecule has 9 nitrogen and oxygen atoms in total. The predicted octanol–water partition coefficient (Wildman–Crippen LogP) is 0.606. The summed E-state index contributed by atoms with van der Waals surface area (Å²) in [6.07, 6.45) is 0.395. The van der Waals surface area contributed by atoms with Gasteiger partial charge in [0.15, 0.2) is 9.84 Å². The third-order valence-electron chi connectivity index (χ3n) is 5.34. The number of hydrogen-bond donors (Lipinski definition) is 0. The molecule has 1 amide bonds. The molecule has 0 aliphatic carbocycles. The highest BCUT2D eigenvalue weighted by Crippen LogP contribution is 2.31. The minimum absolute atomic E-state index is 0.0588. The number of carbonyl (C=O) groups excluding carboxylic acids is 1. The Labute approximate surface area is 158 Å². The van der Waals surface area contributed by atoms with E-state index in [2.05, 4.69) is 4.90 Å². The zero-order valence-electron chi connectivity index (χ0n) is 15.5. The Kier molecular flexibility index (Phi) is 5.38. The fourth-order valence-electron chi connectivity index (χ4n) is 3.57. The monoisotopic (exact) mass is 396 g/mol. The summed E-state index contributed by atoms with van der Waals surface area (Å²) in [5, 5.41) is 11.6. The average Bonchev–Trinajstić information content (AvgIpc) is 3.00. The normalized spacial score (nSPS) is 22.6. The molecule has 2 aliphatic heterocycles. The van der Waals surface area contributed by atoms with Crippen LogP contribution in [0.5, 0.6) is 0 Å². The molecule has 0 unspecified atom stereocenters. The van der Waals surface area contributed by atoms with Crippen LogP contribution in [0.4, 0.5) is 11.4 Å². The third kappa shape index (κ3) is 4.22. The number of carbonyl (C=O) groups is 1. The molecule has 2 fully saturated rings. The van der Waals surface area contributed by atoms with Crippen molar-refractivity contribution in [3.8, 4) is 0 Å². The fraction of sp³-hybridized carbons (Fsp3) is 0.588. The molecule has 0 radical (unpaired) electrons. The highest BCUT2D eigenvalue weighted by Gasteiger charge is 2.34. The summed E-state index contributed by atoms with van der Waals surface area (Å²) in [6.45, 7) is 3.00. The first kappa shape index (κ1) is 19.6. The van der Waals surface area contributed by atoms with Crippen molar-refractivity contribution in [3.63, 3.8) is 0 Å². The van der Waals surface area contributed by atoms with Gasteiger partial charge in [0.25, 0.3) is 11.6 Å². The maximum absolute atomic E-state index is 12.7. The molecule has 2 aliphatic rings. The van der Waals surface area contributed by atoms with E-state index in [1.807, 2.05) is 11.9 Å². The smallest absolute Gasteiger partial charge is 0.293 e. The number of rotatable bonds is 4. The first-order valence-corrected chi connectivity index (χ1v) is 10.7. The molecule has 0 N–H and O–H groups in total. The van der Waals surface area contributed by atoms with Gasteiger partial charge in [0.1, 0.15) is 5.69 Å². The molecule has 10 heteroatoms.